The van der Waals surface area contributed by atoms with E-state index in [1.54, 1.807) is 12.1 Å². The van der Waals surface area contributed by atoms with Crippen molar-refractivity contribution >= 4 is 11.6 Å². The Hall–Kier alpha value is -0.640. The second kappa shape index (κ2) is 3.94. The first-order valence-electron chi connectivity index (χ1n) is 5.95. The molecule has 2 fully saturated rings. The fourth-order valence-electron chi connectivity index (χ4n) is 3.05. The second-order valence-corrected chi connectivity index (χ2v) is 5.61. The van der Waals surface area contributed by atoms with Gasteiger partial charge in [-0.05, 0) is 49.4 Å². The zero-order valence-electron chi connectivity index (χ0n) is 9.46. The van der Waals surface area contributed by atoms with Gasteiger partial charge in [0.1, 0.15) is 5.82 Å². The first-order valence-corrected chi connectivity index (χ1v) is 6.33. The molecule has 0 aromatic heterocycles. The largest absolute Gasteiger partial charge is 0.373 e. The fraction of sp³-hybridized carbons (Fsp3) is 0.538. The van der Waals surface area contributed by atoms with Gasteiger partial charge >= 0.3 is 0 Å². The maximum absolute atomic E-state index is 13.7. The minimum Gasteiger partial charge on any atom is -0.373 e. The predicted octanol–water partition coefficient (Wildman–Crippen LogP) is 2.67. The summed E-state index contributed by atoms with van der Waals surface area (Å²) in [5.41, 5.74) is 6.53. The summed E-state index contributed by atoms with van der Waals surface area (Å²) in [6, 6.07) is 4.62. The van der Waals surface area contributed by atoms with Crippen LogP contribution >= 0.6 is 11.6 Å². The number of hydrogen-bond acceptors (Lipinski definition) is 2. The van der Waals surface area contributed by atoms with Crippen molar-refractivity contribution in [3.63, 3.8) is 0 Å². The molecule has 0 radical (unpaired) electrons. The maximum atomic E-state index is 13.7. The molecular formula is C13H15ClFNO. The summed E-state index contributed by atoms with van der Waals surface area (Å²) in [5, 5.41) is 0.550. The molecule has 2 saturated heterocycles. The fourth-order valence-corrected chi connectivity index (χ4v) is 3.25. The summed E-state index contributed by atoms with van der Waals surface area (Å²) in [6.45, 7) is 0. The molecule has 2 heterocycles. The lowest BCUT2D eigenvalue weighted by Gasteiger charge is -2.31. The average molecular weight is 256 g/mol. The van der Waals surface area contributed by atoms with Crippen LogP contribution in [0.4, 0.5) is 4.39 Å². The van der Waals surface area contributed by atoms with Crippen molar-refractivity contribution in [1.82, 2.24) is 0 Å². The Kier molecular flexibility index (Phi) is 2.65. The van der Waals surface area contributed by atoms with Crippen molar-refractivity contribution < 1.29 is 9.13 Å². The Bertz CT molecular complexity index is 453. The van der Waals surface area contributed by atoms with Gasteiger partial charge in [0.2, 0.25) is 0 Å². The Morgan fingerprint density at radius 2 is 2.29 bits per heavy atom. The number of hydrogen-bond donors (Lipinski definition) is 1. The molecule has 3 unspecified atom stereocenters. The molecule has 2 nitrogen and oxygen atoms in total. The van der Waals surface area contributed by atoms with Crippen LogP contribution in [0.2, 0.25) is 5.02 Å². The first-order chi connectivity index (χ1) is 8.07. The molecule has 2 aliphatic rings. The van der Waals surface area contributed by atoms with Crippen molar-refractivity contribution in [3.8, 4) is 0 Å². The van der Waals surface area contributed by atoms with Gasteiger partial charge in [-0.25, -0.2) is 4.39 Å². The maximum Gasteiger partial charge on any atom is 0.126 e. The van der Waals surface area contributed by atoms with E-state index in [-0.39, 0.29) is 18.0 Å². The third kappa shape index (κ3) is 1.96. The molecular weight excluding hydrogens is 241 g/mol. The molecule has 3 atom stereocenters. The van der Waals surface area contributed by atoms with E-state index in [4.69, 9.17) is 22.1 Å². The summed E-state index contributed by atoms with van der Waals surface area (Å²) < 4.78 is 19.4. The van der Waals surface area contributed by atoms with E-state index in [1.807, 2.05) is 0 Å². The quantitative estimate of drug-likeness (QED) is 0.882. The Morgan fingerprint density at radius 3 is 2.94 bits per heavy atom. The van der Waals surface area contributed by atoms with Crippen LogP contribution in [0.1, 0.15) is 24.8 Å². The highest BCUT2D eigenvalue weighted by atomic mass is 35.5. The van der Waals surface area contributed by atoms with Gasteiger partial charge < -0.3 is 10.5 Å². The normalized spacial score (nSPS) is 35.5. The smallest absolute Gasteiger partial charge is 0.126 e. The van der Waals surface area contributed by atoms with Crippen LogP contribution in [0.15, 0.2) is 18.2 Å². The number of rotatable bonds is 2. The third-order valence-corrected chi connectivity index (χ3v) is 4.12. The Morgan fingerprint density at radius 1 is 1.47 bits per heavy atom. The van der Waals surface area contributed by atoms with Gasteiger partial charge in [-0.1, -0.05) is 11.6 Å². The van der Waals surface area contributed by atoms with Crippen molar-refractivity contribution in [2.24, 2.45) is 5.73 Å². The topological polar surface area (TPSA) is 35.2 Å². The Labute approximate surface area is 105 Å². The highest BCUT2D eigenvalue weighted by Gasteiger charge is 2.50. The third-order valence-electron chi connectivity index (χ3n) is 3.88. The van der Waals surface area contributed by atoms with Gasteiger partial charge in [0.25, 0.3) is 0 Å². The first kappa shape index (κ1) is 11.5. The van der Waals surface area contributed by atoms with E-state index in [9.17, 15) is 4.39 Å². The monoisotopic (exact) mass is 255 g/mol. The highest BCUT2D eigenvalue weighted by molar-refractivity contribution is 6.30. The van der Waals surface area contributed by atoms with Gasteiger partial charge in [-0.3, -0.25) is 0 Å². The van der Waals surface area contributed by atoms with Gasteiger partial charge in [0.05, 0.1) is 12.2 Å². The molecule has 17 heavy (non-hydrogen) atoms. The number of fused-ring (bicyclic) bond motifs is 2. The lowest BCUT2D eigenvalue weighted by molar-refractivity contribution is 0.0855. The van der Waals surface area contributed by atoms with E-state index < -0.39 is 5.54 Å². The lowest BCUT2D eigenvalue weighted by Crippen LogP contribution is -2.50. The predicted molar refractivity (Wildman–Crippen MR) is 64.5 cm³/mol. The van der Waals surface area contributed by atoms with Gasteiger partial charge in [-0.15, -0.1) is 0 Å². The van der Waals surface area contributed by atoms with E-state index in [1.165, 1.54) is 6.07 Å². The molecule has 92 valence electrons. The summed E-state index contributed by atoms with van der Waals surface area (Å²) in [4.78, 5) is 0. The second-order valence-electron chi connectivity index (χ2n) is 5.17. The van der Waals surface area contributed by atoms with Crippen molar-refractivity contribution in [2.45, 2.75) is 43.4 Å². The van der Waals surface area contributed by atoms with E-state index in [0.29, 0.717) is 17.0 Å². The van der Waals surface area contributed by atoms with Crippen molar-refractivity contribution in [2.75, 3.05) is 0 Å². The summed E-state index contributed by atoms with van der Waals surface area (Å²) in [7, 11) is 0. The van der Waals surface area contributed by atoms with Crippen LogP contribution in [0.5, 0.6) is 0 Å². The summed E-state index contributed by atoms with van der Waals surface area (Å²) >= 11 is 5.89. The minimum absolute atomic E-state index is 0.0749. The van der Waals surface area contributed by atoms with Crippen LogP contribution in [0.3, 0.4) is 0 Å². The average Bonchev–Trinajstić information content (AvgIpc) is 2.83. The molecule has 0 spiro atoms. The molecule has 2 aliphatic heterocycles. The number of benzene rings is 1. The van der Waals surface area contributed by atoms with Crippen LogP contribution in [-0.2, 0) is 11.2 Å². The van der Waals surface area contributed by atoms with Gasteiger partial charge in [0, 0.05) is 10.6 Å². The van der Waals surface area contributed by atoms with E-state index >= 15 is 0 Å². The number of halogens is 2. The molecule has 2 N–H and O–H groups in total. The number of nitrogens with two attached hydrogens (primary N) is 1. The standard InChI is InChI=1S/C13H15ClFNO/c14-9-1-3-11(15)8(5-9)6-13(16)7-10-2-4-12(13)17-10/h1,3,5,10,12H,2,4,6-7,16H2. The molecule has 0 amide bonds. The van der Waals surface area contributed by atoms with Gasteiger partial charge in [-0.2, -0.15) is 0 Å². The molecule has 0 saturated carbocycles. The van der Waals surface area contributed by atoms with Crippen molar-refractivity contribution in [1.29, 1.82) is 0 Å². The Balaban J connectivity index is 1.85. The van der Waals surface area contributed by atoms with Gasteiger partial charge in [0.15, 0.2) is 0 Å². The molecule has 3 rings (SSSR count). The lowest BCUT2D eigenvalue weighted by atomic mass is 9.78. The van der Waals surface area contributed by atoms with E-state index in [0.717, 1.165) is 19.3 Å². The SMILES string of the molecule is NC1(Cc2cc(Cl)ccc2F)CC2CCC1O2. The molecule has 4 heteroatoms. The molecule has 1 aromatic rings. The summed E-state index contributed by atoms with van der Waals surface area (Å²) in [5.74, 6) is -0.234. The zero-order chi connectivity index (χ0) is 12.0. The summed E-state index contributed by atoms with van der Waals surface area (Å²) in [6.07, 6.45) is 3.74. The zero-order valence-corrected chi connectivity index (χ0v) is 10.2. The molecule has 0 aliphatic carbocycles. The highest BCUT2D eigenvalue weighted by Crippen LogP contribution is 2.42. The minimum atomic E-state index is -0.422. The number of ether oxygens (including phenoxy) is 1. The van der Waals surface area contributed by atoms with E-state index in [2.05, 4.69) is 0 Å². The van der Waals surface area contributed by atoms with Crippen LogP contribution in [-0.4, -0.2) is 17.7 Å². The molecule has 2 bridgehead atoms. The van der Waals surface area contributed by atoms with Crippen molar-refractivity contribution in [3.05, 3.63) is 34.6 Å². The molecule has 1 aromatic carbocycles. The van der Waals surface area contributed by atoms with Crippen LogP contribution < -0.4 is 5.73 Å². The van der Waals surface area contributed by atoms with Crippen LogP contribution in [0, 0.1) is 5.82 Å². The van der Waals surface area contributed by atoms with Crippen LogP contribution in [0.25, 0.3) is 0 Å².